The van der Waals surface area contributed by atoms with Gasteiger partial charge >= 0.3 is 17.3 Å². The van der Waals surface area contributed by atoms with Crippen molar-refractivity contribution in [3.05, 3.63) is 31.3 Å². The molecule has 10 heteroatoms. The highest BCUT2D eigenvalue weighted by Crippen LogP contribution is 1.88. The first-order valence-corrected chi connectivity index (χ1v) is 4.49. The zero-order valence-corrected chi connectivity index (χ0v) is 8.99. The summed E-state index contributed by atoms with van der Waals surface area (Å²) in [5.41, 5.74) is -1.65. The molecular formula is C8H8N4O6. The lowest BCUT2D eigenvalue weighted by atomic mass is 10.5. The molecule has 18 heavy (non-hydrogen) atoms. The van der Waals surface area contributed by atoms with Gasteiger partial charge < -0.3 is 5.11 Å². The van der Waals surface area contributed by atoms with E-state index in [1.807, 2.05) is 4.98 Å². The van der Waals surface area contributed by atoms with E-state index in [0.29, 0.717) is 0 Å². The minimum atomic E-state index is -1.38. The van der Waals surface area contributed by atoms with Crippen molar-refractivity contribution in [2.45, 2.75) is 6.92 Å². The molecular weight excluding hydrogens is 248 g/mol. The Morgan fingerprint density at radius 3 is 1.83 bits per heavy atom. The Kier molecular flexibility index (Phi) is 3.62. The molecule has 96 valence electrons. The number of carbonyl (C=O) groups is 2. The van der Waals surface area contributed by atoms with Crippen molar-refractivity contribution < 1.29 is 14.7 Å². The molecule has 0 saturated heterocycles. The number of imidazole rings is 1. The number of fused-ring (bicyclic) bond motifs is 1. The van der Waals surface area contributed by atoms with Gasteiger partial charge in [-0.1, -0.05) is 0 Å². The highest BCUT2D eigenvalue weighted by Gasteiger charge is 2.02. The lowest BCUT2D eigenvalue weighted by Crippen LogP contribution is -2.21. The Balaban J connectivity index is 0.000000232. The summed E-state index contributed by atoms with van der Waals surface area (Å²) < 4.78 is 0. The quantitative estimate of drug-likeness (QED) is 0.366. The van der Waals surface area contributed by atoms with Gasteiger partial charge in [-0.25, -0.2) is 14.4 Å². The summed E-state index contributed by atoms with van der Waals surface area (Å²) in [7, 11) is 0. The van der Waals surface area contributed by atoms with Crippen LogP contribution in [-0.4, -0.2) is 36.8 Å². The van der Waals surface area contributed by atoms with Gasteiger partial charge in [-0.2, -0.15) is 0 Å². The number of nitrogens with one attached hydrogen (secondary N) is 4. The normalized spacial score (nSPS) is 9.61. The number of carbonyl (C=O) groups excluding carboxylic acids is 1. The van der Waals surface area contributed by atoms with Crippen molar-refractivity contribution in [1.82, 2.24) is 19.9 Å². The average molecular weight is 256 g/mol. The van der Waals surface area contributed by atoms with Gasteiger partial charge in [0, 0.05) is 6.92 Å². The summed E-state index contributed by atoms with van der Waals surface area (Å²) in [6, 6.07) is 0. The van der Waals surface area contributed by atoms with Gasteiger partial charge in [0.15, 0.2) is 0 Å². The first kappa shape index (κ1) is 13.2. The van der Waals surface area contributed by atoms with Crippen LogP contribution in [0.2, 0.25) is 0 Å². The molecule has 2 aromatic rings. The Morgan fingerprint density at radius 2 is 1.39 bits per heavy atom. The first-order chi connectivity index (χ1) is 8.31. The molecule has 0 radical (unpaired) electrons. The Bertz CT molecular complexity index is 748. The molecule has 0 fully saturated rings. The second-order valence-electron chi connectivity index (χ2n) is 3.10. The van der Waals surface area contributed by atoms with E-state index in [9.17, 15) is 24.0 Å². The fourth-order valence-electron chi connectivity index (χ4n) is 0.958. The van der Waals surface area contributed by atoms with Gasteiger partial charge in [-0.15, -0.1) is 0 Å². The van der Waals surface area contributed by atoms with Crippen LogP contribution in [0.15, 0.2) is 14.4 Å². The monoisotopic (exact) mass is 256 g/mol. The van der Waals surface area contributed by atoms with E-state index < -0.39 is 28.7 Å². The second kappa shape index (κ2) is 4.95. The molecule has 0 bridgehead atoms. The minimum absolute atomic E-state index is 0.0413. The smallest absolute Gasteiger partial charge is 0.371 e. The summed E-state index contributed by atoms with van der Waals surface area (Å²) >= 11 is 0. The van der Waals surface area contributed by atoms with Crippen LogP contribution in [0.5, 0.6) is 0 Å². The van der Waals surface area contributed by atoms with Gasteiger partial charge in [0.05, 0.1) is 0 Å². The highest BCUT2D eigenvalue weighted by molar-refractivity contribution is 6.31. The molecule has 2 aromatic heterocycles. The molecule has 0 amide bonds. The predicted octanol–water partition coefficient (Wildman–Crippen LogP) is -2.11. The topological polar surface area (TPSA) is 169 Å². The summed E-state index contributed by atoms with van der Waals surface area (Å²) in [4.78, 5) is 59.9. The van der Waals surface area contributed by atoms with Crippen molar-refractivity contribution in [3.8, 4) is 0 Å². The van der Waals surface area contributed by atoms with Crippen LogP contribution in [-0.2, 0) is 9.59 Å². The molecule has 0 atom stereocenters. The van der Waals surface area contributed by atoms with Crippen LogP contribution in [0.25, 0.3) is 11.2 Å². The first-order valence-electron chi connectivity index (χ1n) is 4.49. The van der Waals surface area contributed by atoms with Crippen molar-refractivity contribution in [3.63, 3.8) is 0 Å². The molecule has 2 rings (SSSR count). The van der Waals surface area contributed by atoms with Crippen LogP contribution < -0.4 is 16.9 Å². The lowest BCUT2D eigenvalue weighted by Gasteiger charge is -1.83. The van der Waals surface area contributed by atoms with Crippen molar-refractivity contribution in [2.75, 3.05) is 0 Å². The van der Waals surface area contributed by atoms with Crippen LogP contribution in [0, 0.1) is 0 Å². The zero-order chi connectivity index (χ0) is 13.9. The number of hydrogen-bond donors (Lipinski definition) is 5. The Hall–Kier alpha value is -2.91. The number of Topliss-reactive ketones (excluding diaryl/α,β-unsaturated/α-hetero) is 1. The third-order valence-electron chi connectivity index (χ3n) is 1.72. The third kappa shape index (κ3) is 3.04. The standard InChI is InChI=1S/C5H4N4O3.C3H4O3/c10-3-1-2(7-4(11)6-1)8-5(12)9-3;1-2(4)3(5)6/h(H4,6,7,8,9,10,11,12);1H3,(H,5,6). The van der Waals surface area contributed by atoms with Gasteiger partial charge in [-0.3, -0.25) is 29.5 Å². The maximum absolute atomic E-state index is 10.9. The number of carboxylic acid groups (broad SMARTS) is 1. The molecule has 0 spiro atoms. The van der Waals surface area contributed by atoms with Gasteiger partial charge in [-0.05, 0) is 0 Å². The van der Waals surface area contributed by atoms with Crippen molar-refractivity contribution in [1.29, 1.82) is 0 Å². The molecule has 10 nitrogen and oxygen atoms in total. The van der Waals surface area contributed by atoms with Crippen LogP contribution in [0.3, 0.4) is 0 Å². The predicted molar refractivity (Wildman–Crippen MR) is 58.5 cm³/mol. The van der Waals surface area contributed by atoms with E-state index in [4.69, 9.17) is 5.11 Å². The maximum atomic E-state index is 10.9. The number of aromatic nitrogens is 4. The number of carboxylic acids is 1. The number of H-pyrrole nitrogens is 4. The van der Waals surface area contributed by atoms with Gasteiger partial charge in [0.2, 0.25) is 5.78 Å². The lowest BCUT2D eigenvalue weighted by molar-refractivity contribution is -0.148. The zero-order valence-electron chi connectivity index (χ0n) is 8.99. The molecule has 0 aromatic carbocycles. The fraction of sp³-hybridized carbons (Fsp3) is 0.125. The van der Waals surface area contributed by atoms with Gasteiger partial charge in [0.1, 0.15) is 11.2 Å². The Morgan fingerprint density at radius 1 is 0.944 bits per heavy atom. The van der Waals surface area contributed by atoms with E-state index in [1.54, 1.807) is 0 Å². The largest absolute Gasteiger partial charge is 0.476 e. The van der Waals surface area contributed by atoms with Crippen LogP contribution in [0.4, 0.5) is 0 Å². The van der Waals surface area contributed by atoms with Crippen molar-refractivity contribution >= 4 is 22.9 Å². The van der Waals surface area contributed by atoms with Crippen LogP contribution >= 0.6 is 0 Å². The number of hydrogen-bond acceptors (Lipinski definition) is 5. The fourth-order valence-corrected chi connectivity index (χ4v) is 0.958. The summed E-state index contributed by atoms with van der Waals surface area (Å²) in [6.45, 7) is 1.00. The van der Waals surface area contributed by atoms with E-state index in [2.05, 4.69) is 15.0 Å². The van der Waals surface area contributed by atoms with E-state index in [-0.39, 0.29) is 11.2 Å². The number of rotatable bonds is 1. The molecule has 0 aliphatic heterocycles. The summed E-state index contributed by atoms with van der Waals surface area (Å²) in [6.07, 6.45) is 0. The maximum Gasteiger partial charge on any atom is 0.371 e. The third-order valence-corrected chi connectivity index (χ3v) is 1.72. The minimum Gasteiger partial charge on any atom is -0.476 e. The van der Waals surface area contributed by atoms with Crippen molar-refractivity contribution in [2.24, 2.45) is 0 Å². The molecule has 0 saturated carbocycles. The number of aromatic amines is 4. The second-order valence-corrected chi connectivity index (χ2v) is 3.10. The average Bonchev–Trinajstić information content (AvgIpc) is 2.59. The molecule has 2 heterocycles. The summed E-state index contributed by atoms with van der Waals surface area (Å²) in [5.74, 6) is -2.20. The molecule has 0 aliphatic carbocycles. The molecule has 0 unspecified atom stereocenters. The van der Waals surface area contributed by atoms with Crippen LogP contribution in [0.1, 0.15) is 6.92 Å². The highest BCUT2D eigenvalue weighted by atomic mass is 16.4. The van der Waals surface area contributed by atoms with E-state index >= 15 is 0 Å². The Labute approximate surface area is 96.7 Å². The molecule has 0 aliphatic rings. The number of aliphatic carboxylic acids is 1. The van der Waals surface area contributed by atoms with Gasteiger partial charge in [0.25, 0.3) is 5.56 Å². The van der Waals surface area contributed by atoms with E-state index in [1.165, 1.54) is 0 Å². The molecule has 5 N–H and O–H groups in total. The summed E-state index contributed by atoms with van der Waals surface area (Å²) in [5, 5.41) is 7.64. The number of ketones is 1. The SMILES string of the molecule is CC(=O)C(=O)O.O=c1[nH]c(=O)c2[nH]c(=O)[nH]c2[nH]1. The van der Waals surface area contributed by atoms with E-state index in [0.717, 1.165) is 6.92 Å².